The first-order chi connectivity index (χ1) is 18.7. The zero-order valence-electron chi connectivity index (χ0n) is 21.3. The number of rotatable bonds is 16. The second-order valence-electron chi connectivity index (χ2n) is 8.62. The fourth-order valence-electron chi connectivity index (χ4n) is 3.46. The van der Waals surface area contributed by atoms with Gasteiger partial charge in [0.15, 0.2) is 0 Å². The largest absolute Gasteiger partial charge is 0.489 e. The van der Waals surface area contributed by atoms with Crippen LogP contribution in [-0.4, -0.2) is 47.8 Å². The maximum atomic E-state index is 12.1. The molecule has 0 aliphatic heterocycles. The number of aryl methyl sites for hydroxylation is 1. The lowest BCUT2D eigenvalue weighted by Gasteiger charge is -2.13. The van der Waals surface area contributed by atoms with E-state index in [9.17, 15) is 19.0 Å². The third-order valence-electron chi connectivity index (χ3n) is 5.50. The number of carboxylic acid groups (broad SMARTS) is 1. The summed E-state index contributed by atoms with van der Waals surface area (Å²) < 4.78 is 32.0. The predicted octanol–water partition coefficient (Wildman–Crippen LogP) is 4.34. The van der Waals surface area contributed by atoms with Gasteiger partial charge in [0.25, 0.3) is 0 Å². The first-order valence-electron chi connectivity index (χ1n) is 12.3. The summed E-state index contributed by atoms with van der Waals surface area (Å²) in [7, 11) is -4.45. The van der Waals surface area contributed by atoms with Gasteiger partial charge in [-0.05, 0) is 46.9 Å². The molecule has 2 atom stereocenters. The minimum atomic E-state index is -4.45. The van der Waals surface area contributed by atoms with Gasteiger partial charge in [0, 0.05) is 12.8 Å². The Bertz CT molecular complexity index is 1270. The van der Waals surface area contributed by atoms with E-state index in [-0.39, 0.29) is 26.1 Å². The topological polar surface area (TPSA) is 155 Å². The third kappa shape index (κ3) is 11.0. The van der Waals surface area contributed by atoms with Gasteiger partial charge in [-0.2, -0.15) is 0 Å². The highest BCUT2D eigenvalue weighted by Crippen LogP contribution is 2.43. The zero-order chi connectivity index (χ0) is 28.1. The van der Waals surface area contributed by atoms with Gasteiger partial charge in [0.05, 0.1) is 19.8 Å². The molecule has 0 radical (unpaired) electrons. The number of aliphatic carboxylic acids is 1. The van der Waals surface area contributed by atoms with Crippen LogP contribution in [0.2, 0.25) is 0 Å². The number of carboxylic acids is 1. The molecule has 0 aliphatic carbocycles. The van der Waals surface area contributed by atoms with E-state index in [0.29, 0.717) is 18.8 Å². The van der Waals surface area contributed by atoms with E-state index >= 15 is 0 Å². The van der Waals surface area contributed by atoms with Crippen LogP contribution in [0.1, 0.15) is 24.0 Å². The molecular formula is C28H32NO9P. The van der Waals surface area contributed by atoms with Crippen molar-refractivity contribution in [2.45, 2.75) is 31.9 Å². The van der Waals surface area contributed by atoms with E-state index in [1.807, 2.05) is 54.6 Å². The van der Waals surface area contributed by atoms with Crippen LogP contribution in [-0.2, 0) is 41.0 Å². The highest BCUT2D eigenvalue weighted by Gasteiger charge is 2.24. The molecule has 3 aromatic carbocycles. The molecule has 0 heterocycles. The molecule has 0 saturated heterocycles. The lowest BCUT2D eigenvalue weighted by atomic mass is 10.0. The van der Waals surface area contributed by atoms with Crippen molar-refractivity contribution in [1.29, 1.82) is 0 Å². The lowest BCUT2D eigenvalue weighted by Crippen LogP contribution is -2.34. The average molecular weight is 558 g/mol. The van der Waals surface area contributed by atoms with Crippen molar-refractivity contribution in [3.63, 3.8) is 0 Å². The predicted molar refractivity (Wildman–Crippen MR) is 144 cm³/mol. The number of hydrogen-bond donors (Lipinski definition) is 3. The first kappa shape index (κ1) is 30.0. The number of phosphoric ester groups is 1. The molecule has 0 fully saturated rings. The highest BCUT2D eigenvalue weighted by atomic mass is 31.2. The number of nitrogens with two attached hydrogens (primary N) is 1. The van der Waals surface area contributed by atoms with Gasteiger partial charge in [-0.3, -0.25) is 18.6 Å². The SMILES string of the molecule is N[C@@H](COP(=O)(O)OCCCOC(=O)CCc1cccc(OCc2cccc(-c3ccccc3)c2)c1)C(=O)O. The van der Waals surface area contributed by atoms with Gasteiger partial charge < -0.3 is 25.2 Å². The molecule has 0 aromatic heterocycles. The minimum Gasteiger partial charge on any atom is -0.489 e. The van der Waals surface area contributed by atoms with E-state index in [2.05, 4.69) is 28.8 Å². The van der Waals surface area contributed by atoms with Crippen LogP contribution in [0.3, 0.4) is 0 Å². The number of benzene rings is 3. The minimum absolute atomic E-state index is 0.0152. The second kappa shape index (κ2) is 15.2. The van der Waals surface area contributed by atoms with Crippen molar-refractivity contribution >= 4 is 19.8 Å². The smallest absolute Gasteiger partial charge is 0.472 e. The molecule has 0 bridgehead atoms. The Morgan fingerprint density at radius 1 is 0.872 bits per heavy atom. The average Bonchev–Trinajstić information content (AvgIpc) is 2.94. The normalized spacial score (nSPS) is 13.3. The summed E-state index contributed by atoms with van der Waals surface area (Å²) in [6.45, 7) is -0.506. The van der Waals surface area contributed by atoms with Gasteiger partial charge in [-0.1, -0.05) is 60.7 Å². The Morgan fingerprint density at radius 3 is 2.36 bits per heavy atom. The van der Waals surface area contributed by atoms with Crippen molar-refractivity contribution in [2.24, 2.45) is 5.73 Å². The maximum absolute atomic E-state index is 12.1. The summed E-state index contributed by atoms with van der Waals surface area (Å²) in [6.07, 6.45) is 0.761. The number of phosphoric acid groups is 1. The fourth-order valence-corrected chi connectivity index (χ4v) is 4.24. The number of carbonyl (C=O) groups is 2. The van der Waals surface area contributed by atoms with Gasteiger partial charge in [0.2, 0.25) is 0 Å². The first-order valence-corrected chi connectivity index (χ1v) is 13.8. The molecule has 39 heavy (non-hydrogen) atoms. The van der Waals surface area contributed by atoms with Gasteiger partial charge in [-0.15, -0.1) is 0 Å². The van der Waals surface area contributed by atoms with Gasteiger partial charge in [0.1, 0.15) is 18.4 Å². The summed E-state index contributed by atoms with van der Waals surface area (Å²) in [5.74, 6) is -1.09. The molecular weight excluding hydrogens is 525 g/mol. The maximum Gasteiger partial charge on any atom is 0.472 e. The van der Waals surface area contributed by atoms with Crippen molar-refractivity contribution in [2.75, 3.05) is 19.8 Å². The highest BCUT2D eigenvalue weighted by molar-refractivity contribution is 7.47. The Balaban J connectivity index is 1.35. The second-order valence-corrected chi connectivity index (χ2v) is 10.1. The summed E-state index contributed by atoms with van der Waals surface area (Å²) in [5, 5.41) is 8.64. The Kier molecular flexibility index (Phi) is 11.7. The van der Waals surface area contributed by atoms with Gasteiger partial charge >= 0.3 is 19.8 Å². The number of carbonyl (C=O) groups excluding carboxylic acids is 1. The summed E-state index contributed by atoms with van der Waals surface area (Å²) in [4.78, 5) is 32.2. The molecule has 0 aliphatic rings. The third-order valence-corrected chi connectivity index (χ3v) is 6.48. The van der Waals surface area contributed by atoms with Crippen molar-refractivity contribution in [1.82, 2.24) is 0 Å². The molecule has 4 N–H and O–H groups in total. The van der Waals surface area contributed by atoms with Crippen LogP contribution in [0.5, 0.6) is 5.75 Å². The zero-order valence-corrected chi connectivity index (χ0v) is 22.2. The molecule has 0 amide bonds. The van der Waals surface area contributed by atoms with E-state index in [1.165, 1.54) is 0 Å². The van der Waals surface area contributed by atoms with Crippen LogP contribution in [0, 0.1) is 0 Å². The van der Waals surface area contributed by atoms with Crippen LogP contribution < -0.4 is 10.5 Å². The molecule has 3 rings (SSSR count). The van der Waals surface area contributed by atoms with E-state index < -0.39 is 32.4 Å². The summed E-state index contributed by atoms with van der Waals surface area (Å²) >= 11 is 0. The van der Waals surface area contributed by atoms with Crippen molar-refractivity contribution < 1.29 is 42.7 Å². The van der Waals surface area contributed by atoms with Crippen LogP contribution in [0.25, 0.3) is 11.1 Å². The molecule has 11 heteroatoms. The fraction of sp³-hybridized carbons (Fsp3) is 0.286. The van der Waals surface area contributed by atoms with E-state index in [4.69, 9.17) is 24.8 Å². The van der Waals surface area contributed by atoms with Gasteiger partial charge in [-0.25, -0.2) is 4.57 Å². The van der Waals surface area contributed by atoms with E-state index in [1.54, 1.807) is 0 Å². The molecule has 1 unspecified atom stereocenters. The summed E-state index contributed by atoms with van der Waals surface area (Å²) in [5.41, 5.74) is 9.42. The molecule has 0 spiro atoms. The van der Waals surface area contributed by atoms with E-state index in [0.717, 1.165) is 22.3 Å². The number of hydrogen-bond acceptors (Lipinski definition) is 8. The Labute approximate surface area is 226 Å². The van der Waals surface area contributed by atoms with Crippen molar-refractivity contribution in [3.05, 3.63) is 90.0 Å². The summed E-state index contributed by atoms with van der Waals surface area (Å²) in [6, 6.07) is 24.4. The standard InChI is InChI=1S/C28H32NO9P/c29-26(28(31)32)20-38-39(33,34)37-16-6-15-35-27(30)14-13-21-7-5-12-25(18-21)36-19-22-8-4-11-24(17-22)23-9-2-1-3-10-23/h1-5,7-12,17-18,26H,6,13-16,19-20,29H2,(H,31,32)(H,33,34)/t26-/m0/s1. The number of ether oxygens (including phenoxy) is 2. The van der Waals surface area contributed by atoms with Crippen LogP contribution in [0.15, 0.2) is 78.9 Å². The molecule has 0 saturated carbocycles. The molecule has 10 nitrogen and oxygen atoms in total. The monoisotopic (exact) mass is 557 g/mol. The molecule has 208 valence electrons. The number of esters is 1. The van der Waals surface area contributed by atoms with Crippen molar-refractivity contribution in [3.8, 4) is 16.9 Å². The quantitative estimate of drug-likeness (QED) is 0.132. The molecule has 3 aromatic rings. The Hall–Kier alpha value is -3.53. The Morgan fingerprint density at radius 2 is 1.59 bits per heavy atom. The van der Waals surface area contributed by atoms with Crippen LogP contribution in [0.4, 0.5) is 0 Å². The lowest BCUT2D eigenvalue weighted by molar-refractivity contribution is -0.143. The van der Waals surface area contributed by atoms with Crippen LogP contribution >= 0.6 is 7.82 Å².